The van der Waals surface area contributed by atoms with Gasteiger partial charge in [0.05, 0.1) is 6.61 Å². The number of hydrogen-bond donors (Lipinski definition) is 1. The molecular weight excluding hydrogens is 228 g/mol. The number of rotatable bonds is 4. The minimum absolute atomic E-state index is 0.326. The zero-order chi connectivity index (χ0) is 12.1. The highest BCUT2D eigenvalue weighted by Gasteiger charge is 2.16. The Kier molecular flexibility index (Phi) is 4.71. The van der Waals surface area contributed by atoms with Crippen LogP contribution in [0.15, 0.2) is 12.1 Å². The molecule has 0 bridgehead atoms. The molecule has 1 aromatic heterocycles. The summed E-state index contributed by atoms with van der Waals surface area (Å²) >= 11 is 5.94. The molecule has 0 spiro atoms. The first-order valence-corrected chi connectivity index (χ1v) is 5.46. The fourth-order valence-electron chi connectivity index (χ4n) is 1.28. The Morgan fingerprint density at radius 3 is 2.88 bits per heavy atom. The van der Waals surface area contributed by atoms with Crippen molar-refractivity contribution in [1.82, 2.24) is 4.98 Å². The first-order valence-electron chi connectivity index (χ1n) is 5.08. The van der Waals surface area contributed by atoms with Crippen molar-refractivity contribution >= 4 is 17.6 Å². The van der Waals surface area contributed by atoms with Gasteiger partial charge in [0.25, 0.3) is 0 Å². The lowest BCUT2D eigenvalue weighted by atomic mass is 10.1. The van der Waals surface area contributed by atoms with Crippen molar-refractivity contribution in [3.8, 4) is 0 Å². The number of aromatic nitrogens is 1. The lowest BCUT2D eigenvalue weighted by Crippen LogP contribution is -2.34. The number of nitrogens with two attached hydrogens (primary N) is 1. The molecule has 1 aromatic rings. The van der Waals surface area contributed by atoms with E-state index in [9.17, 15) is 4.79 Å². The average Bonchev–Trinajstić information content (AvgIpc) is 2.22. The second kappa shape index (κ2) is 5.82. The van der Waals surface area contributed by atoms with Crippen LogP contribution in [-0.2, 0) is 16.0 Å². The summed E-state index contributed by atoms with van der Waals surface area (Å²) in [7, 11) is 0. The molecule has 0 aliphatic rings. The van der Waals surface area contributed by atoms with E-state index in [1.165, 1.54) is 0 Å². The Morgan fingerprint density at radius 2 is 2.31 bits per heavy atom. The molecule has 0 fully saturated rings. The van der Waals surface area contributed by atoms with E-state index in [1.54, 1.807) is 6.92 Å². The minimum atomic E-state index is -0.693. The van der Waals surface area contributed by atoms with Crippen LogP contribution >= 0.6 is 11.6 Å². The number of hydrogen-bond acceptors (Lipinski definition) is 4. The van der Waals surface area contributed by atoms with E-state index in [2.05, 4.69) is 4.98 Å². The number of esters is 1. The van der Waals surface area contributed by atoms with Gasteiger partial charge in [0.2, 0.25) is 0 Å². The Labute approximate surface area is 99.8 Å². The van der Waals surface area contributed by atoms with Crippen LogP contribution in [0.2, 0.25) is 5.15 Å². The van der Waals surface area contributed by atoms with Crippen LogP contribution in [0.5, 0.6) is 0 Å². The van der Waals surface area contributed by atoms with E-state index >= 15 is 0 Å². The summed E-state index contributed by atoms with van der Waals surface area (Å²) in [4.78, 5) is 15.4. The summed E-state index contributed by atoms with van der Waals surface area (Å²) in [6, 6.07) is 2.96. The van der Waals surface area contributed by atoms with Crippen molar-refractivity contribution in [3.63, 3.8) is 0 Å². The molecule has 0 saturated heterocycles. The number of carbonyl (C=O) groups is 1. The molecule has 1 heterocycles. The number of pyridine rings is 1. The van der Waals surface area contributed by atoms with Gasteiger partial charge < -0.3 is 10.5 Å². The molecule has 0 radical (unpaired) electrons. The molecule has 0 aliphatic carbocycles. The van der Waals surface area contributed by atoms with Crippen molar-refractivity contribution in [2.75, 3.05) is 6.61 Å². The molecular formula is C11H15ClN2O2. The normalized spacial score (nSPS) is 12.2. The van der Waals surface area contributed by atoms with Gasteiger partial charge in [0.15, 0.2) is 0 Å². The lowest BCUT2D eigenvalue weighted by molar-refractivity contribution is -0.144. The Balaban J connectivity index is 2.69. The molecule has 88 valence electrons. The van der Waals surface area contributed by atoms with Gasteiger partial charge in [-0.25, -0.2) is 4.98 Å². The summed E-state index contributed by atoms with van der Waals surface area (Å²) < 4.78 is 4.81. The quantitative estimate of drug-likeness (QED) is 0.642. The monoisotopic (exact) mass is 242 g/mol. The molecule has 5 heteroatoms. The number of halogens is 1. The van der Waals surface area contributed by atoms with Gasteiger partial charge in [-0.1, -0.05) is 17.7 Å². The van der Waals surface area contributed by atoms with Crippen LogP contribution in [0.3, 0.4) is 0 Å². The van der Waals surface area contributed by atoms with Crippen LogP contribution in [0.1, 0.15) is 18.2 Å². The van der Waals surface area contributed by atoms with E-state index in [0.29, 0.717) is 18.2 Å². The Hall–Kier alpha value is -1.13. The van der Waals surface area contributed by atoms with Crippen LogP contribution in [-0.4, -0.2) is 23.6 Å². The van der Waals surface area contributed by atoms with Crippen molar-refractivity contribution in [1.29, 1.82) is 0 Å². The van der Waals surface area contributed by atoms with Gasteiger partial charge in [-0.3, -0.25) is 4.79 Å². The second-order valence-electron chi connectivity index (χ2n) is 3.47. The molecule has 0 saturated carbocycles. The molecule has 0 amide bonds. The first kappa shape index (κ1) is 12.9. The zero-order valence-corrected chi connectivity index (χ0v) is 10.1. The second-order valence-corrected chi connectivity index (χ2v) is 3.82. The van der Waals surface area contributed by atoms with Crippen LogP contribution in [0.25, 0.3) is 0 Å². The maximum atomic E-state index is 11.3. The molecule has 2 N–H and O–H groups in total. The minimum Gasteiger partial charge on any atom is -0.465 e. The highest BCUT2D eigenvalue weighted by atomic mass is 35.5. The molecule has 0 aromatic carbocycles. The van der Waals surface area contributed by atoms with E-state index in [1.807, 2.05) is 19.1 Å². The Bertz CT molecular complexity index is 382. The van der Waals surface area contributed by atoms with Crippen LogP contribution in [0, 0.1) is 6.92 Å². The Morgan fingerprint density at radius 1 is 1.62 bits per heavy atom. The molecule has 1 atom stereocenters. The molecule has 4 nitrogen and oxygen atoms in total. The molecule has 1 rings (SSSR count). The average molecular weight is 243 g/mol. The van der Waals surface area contributed by atoms with Gasteiger partial charge in [-0.15, -0.1) is 0 Å². The maximum absolute atomic E-state index is 11.3. The van der Waals surface area contributed by atoms with E-state index in [-0.39, 0.29) is 0 Å². The predicted octanol–water partition coefficient (Wildman–Crippen LogP) is 1.48. The standard InChI is InChI=1S/C11H15ClN2O2/c1-3-16-11(15)9(13)6-8-5-4-7(2)14-10(8)12/h4-5,9H,3,6,13H2,1-2H3. The predicted molar refractivity (Wildman–Crippen MR) is 62.3 cm³/mol. The number of nitrogens with zero attached hydrogens (tertiary/aromatic N) is 1. The fourth-order valence-corrected chi connectivity index (χ4v) is 1.55. The van der Waals surface area contributed by atoms with Crippen LogP contribution < -0.4 is 5.73 Å². The van der Waals surface area contributed by atoms with Crippen LogP contribution in [0.4, 0.5) is 0 Å². The SMILES string of the molecule is CCOC(=O)C(N)Cc1ccc(C)nc1Cl. The number of aryl methyl sites for hydroxylation is 1. The van der Waals surface area contributed by atoms with E-state index in [0.717, 1.165) is 11.3 Å². The lowest BCUT2D eigenvalue weighted by Gasteiger charge is -2.11. The summed E-state index contributed by atoms with van der Waals surface area (Å²) in [5.74, 6) is -0.417. The van der Waals surface area contributed by atoms with Crippen molar-refractivity contribution in [2.24, 2.45) is 5.73 Å². The van der Waals surface area contributed by atoms with Crippen molar-refractivity contribution in [2.45, 2.75) is 26.3 Å². The van der Waals surface area contributed by atoms with Crippen molar-refractivity contribution in [3.05, 3.63) is 28.5 Å². The van der Waals surface area contributed by atoms with Gasteiger partial charge in [0, 0.05) is 12.1 Å². The van der Waals surface area contributed by atoms with Crippen molar-refractivity contribution < 1.29 is 9.53 Å². The van der Waals surface area contributed by atoms with E-state index in [4.69, 9.17) is 22.1 Å². The first-order chi connectivity index (χ1) is 7.54. The molecule has 0 aliphatic heterocycles. The van der Waals surface area contributed by atoms with Gasteiger partial charge >= 0.3 is 5.97 Å². The fraction of sp³-hybridized carbons (Fsp3) is 0.455. The third-order valence-corrected chi connectivity index (χ3v) is 2.42. The third kappa shape index (κ3) is 3.47. The van der Waals surface area contributed by atoms with Gasteiger partial charge in [-0.05, 0) is 25.5 Å². The topological polar surface area (TPSA) is 65.2 Å². The van der Waals surface area contributed by atoms with Gasteiger partial charge in [-0.2, -0.15) is 0 Å². The number of ether oxygens (including phenoxy) is 1. The largest absolute Gasteiger partial charge is 0.465 e. The summed E-state index contributed by atoms with van der Waals surface area (Å²) in [6.07, 6.45) is 0.338. The zero-order valence-electron chi connectivity index (χ0n) is 9.37. The van der Waals surface area contributed by atoms with E-state index < -0.39 is 12.0 Å². The highest BCUT2D eigenvalue weighted by Crippen LogP contribution is 2.15. The molecule has 1 unspecified atom stereocenters. The number of carbonyl (C=O) groups excluding carboxylic acids is 1. The molecule has 16 heavy (non-hydrogen) atoms. The van der Waals surface area contributed by atoms with Gasteiger partial charge in [0.1, 0.15) is 11.2 Å². The summed E-state index contributed by atoms with van der Waals surface area (Å²) in [5, 5.41) is 0.389. The summed E-state index contributed by atoms with van der Waals surface area (Å²) in [5.41, 5.74) is 7.27. The summed E-state index contributed by atoms with van der Waals surface area (Å²) in [6.45, 7) is 3.92. The third-order valence-electron chi connectivity index (χ3n) is 2.09. The smallest absolute Gasteiger partial charge is 0.323 e. The highest BCUT2D eigenvalue weighted by molar-refractivity contribution is 6.30. The maximum Gasteiger partial charge on any atom is 0.323 e.